The van der Waals surface area contributed by atoms with Crippen molar-refractivity contribution in [3.8, 4) is 0 Å². The molecule has 0 aliphatic heterocycles. The van der Waals surface area contributed by atoms with Gasteiger partial charge in [0.15, 0.2) is 0 Å². The summed E-state index contributed by atoms with van der Waals surface area (Å²) in [7, 11) is 0. The quantitative estimate of drug-likeness (QED) is 0.494. The topological polar surface area (TPSA) is 70.0 Å². The van der Waals surface area contributed by atoms with Crippen LogP contribution < -0.4 is 12.3 Å². The standard InChI is InChI=1S/C3H6.Co.2H3N/c1-3-2;;;/h3H,1H2,2H3;;2*1H3. The molecule has 43 valence electrons. The van der Waals surface area contributed by atoms with Crippen molar-refractivity contribution in [3.05, 3.63) is 12.7 Å². The van der Waals surface area contributed by atoms with Gasteiger partial charge in [-0.1, -0.05) is 6.08 Å². The van der Waals surface area contributed by atoms with E-state index >= 15 is 0 Å². The van der Waals surface area contributed by atoms with Gasteiger partial charge in [0, 0.05) is 16.8 Å². The predicted molar refractivity (Wildman–Crippen MR) is 25.9 cm³/mol. The number of rotatable bonds is 0. The molecule has 0 aliphatic carbocycles. The van der Waals surface area contributed by atoms with E-state index in [1.807, 2.05) is 6.92 Å². The zero-order chi connectivity index (χ0) is 2.71. The van der Waals surface area contributed by atoms with Crippen LogP contribution in [0.1, 0.15) is 6.92 Å². The second kappa shape index (κ2) is 65.9. The molecule has 0 aromatic rings. The molecule has 0 bridgehead atoms. The Morgan fingerprint density at radius 2 is 1.33 bits per heavy atom. The van der Waals surface area contributed by atoms with Crippen molar-refractivity contribution in [2.75, 3.05) is 0 Å². The van der Waals surface area contributed by atoms with Crippen LogP contribution in [0.2, 0.25) is 0 Å². The molecule has 6 heavy (non-hydrogen) atoms. The Morgan fingerprint density at radius 1 is 1.33 bits per heavy atom. The molecule has 0 spiro atoms. The number of hydrogen-bond donors (Lipinski definition) is 2. The molecule has 0 aliphatic rings. The Bertz CT molecular complexity index is 16.3. The van der Waals surface area contributed by atoms with Gasteiger partial charge in [0.2, 0.25) is 0 Å². The average Bonchev–Trinajstić information content (AvgIpc) is 0.918. The van der Waals surface area contributed by atoms with Crippen LogP contribution in [0.3, 0.4) is 0 Å². The van der Waals surface area contributed by atoms with Crippen molar-refractivity contribution < 1.29 is 16.8 Å². The minimum atomic E-state index is 0. The van der Waals surface area contributed by atoms with Crippen LogP contribution >= 0.6 is 0 Å². The van der Waals surface area contributed by atoms with Crippen LogP contribution in [0, 0.1) is 0 Å². The van der Waals surface area contributed by atoms with E-state index in [1.165, 1.54) is 0 Å². The van der Waals surface area contributed by atoms with Crippen LogP contribution in [-0.4, -0.2) is 0 Å². The Hall–Kier alpha value is 0.166. The summed E-state index contributed by atoms with van der Waals surface area (Å²) in [6, 6.07) is 0. The second-order valence-corrected chi connectivity index (χ2v) is 0.408. The molecule has 0 unspecified atom stereocenters. The van der Waals surface area contributed by atoms with Crippen LogP contribution in [0.25, 0.3) is 0 Å². The first-order chi connectivity index (χ1) is 1.41. The van der Waals surface area contributed by atoms with Gasteiger partial charge >= 0.3 is 0 Å². The SMILES string of the molecule is C=CC.N.N.[Co]. The Labute approximate surface area is 49.4 Å². The van der Waals surface area contributed by atoms with Gasteiger partial charge in [0.05, 0.1) is 0 Å². The fourth-order valence-electron chi connectivity index (χ4n) is 0. The van der Waals surface area contributed by atoms with Crippen LogP contribution in [-0.2, 0) is 16.8 Å². The molecule has 0 saturated carbocycles. The molecule has 0 aromatic carbocycles. The largest absolute Gasteiger partial charge is 0.344 e. The molecule has 0 fully saturated rings. The summed E-state index contributed by atoms with van der Waals surface area (Å²) in [6.07, 6.45) is 1.75. The maximum atomic E-state index is 3.36. The summed E-state index contributed by atoms with van der Waals surface area (Å²) < 4.78 is 0. The van der Waals surface area contributed by atoms with Gasteiger partial charge in [-0.2, -0.15) is 0 Å². The van der Waals surface area contributed by atoms with Crippen molar-refractivity contribution in [1.82, 2.24) is 12.3 Å². The molecule has 0 aromatic heterocycles. The molecule has 0 saturated heterocycles. The van der Waals surface area contributed by atoms with Crippen LogP contribution in [0.4, 0.5) is 0 Å². The zero-order valence-electron chi connectivity index (χ0n) is 4.03. The van der Waals surface area contributed by atoms with Crippen LogP contribution in [0.15, 0.2) is 12.7 Å². The van der Waals surface area contributed by atoms with Gasteiger partial charge in [-0.15, -0.1) is 6.58 Å². The van der Waals surface area contributed by atoms with E-state index in [-0.39, 0.29) is 29.1 Å². The molecule has 1 radical (unpaired) electrons. The van der Waals surface area contributed by atoms with E-state index in [4.69, 9.17) is 0 Å². The predicted octanol–water partition coefficient (Wildman–Crippen LogP) is 1.51. The monoisotopic (exact) mass is 135 g/mol. The minimum Gasteiger partial charge on any atom is -0.344 e. The summed E-state index contributed by atoms with van der Waals surface area (Å²) in [5, 5.41) is 0. The summed E-state index contributed by atoms with van der Waals surface area (Å²) >= 11 is 0. The Kier molecular flexibility index (Phi) is 385. The summed E-state index contributed by atoms with van der Waals surface area (Å²) in [6.45, 7) is 5.25. The fourth-order valence-corrected chi connectivity index (χ4v) is 0. The van der Waals surface area contributed by atoms with Crippen molar-refractivity contribution >= 4 is 0 Å². The van der Waals surface area contributed by atoms with E-state index in [2.05, 4.69) is 6.58 Å². The average molecular weight is 135 g/mol. The molecule has 3 heteroatoms. The molecular formula is C3H12CoN2. The van der Waals surface area contributed by atoms with E-state index in [9.17, 15) is 0 Å². The normalized spacial score (nSPS) is 2.17. The third-order valence-electron chi connectivity index (χ3n) is 0. The molecule has 0 rings (SSSR count). The fraction of sp³-hybridized carbons (Fsp3) is 0.333. The maximum Gasteiger partial charge on any atom is 0 e. The minimum absolute atomic E-state index is 0. The second-order valence-electron chi connectivity index (χ2n) is 0.408. The van der Waals surface area contributed by atoms with Gasteiger partial charge < -0.3 is 12.3 Å². The van der Waals surface area contributed by atoms with Gasteiger partial charge in [-0.05, 0) is 6.92 Å². The molecule has 2 nitrogen and oxygen atoms in total. The summed E-state index contributed by atoms with van der Waals surface area (Å²) in [5.41, 5.74) is 0. The first kappa shape index (κ1) is 35.1. The summed E-state index contributed by atoms with van der Waals surface area (Å²) in [4.78, 5) is 0. The van der Waals surface area contributed by atoms with Gasteiger partial charge in [0.1, 0.15) is 0 Å². The van der Waals surface area contributed by atoms with E-state index in [1.54, 1.807) is 6.08 Å². The van der Waals surface area contributed by atoms with E-state index in [0.717, 1.165) is 0 Å². The van der Waals surface area contributed by atoms with Crippen LogP contribution in [0.5, 0.6) is 0 Å². The van der Waals surface area contributed by atoms with Gasteiger partial charge in [-0.3, -0.25) is 0 Å². The van der Waals surface area contributed by atoms with Crippen molar-refractivity contribution in [2.24, 2.45) is 0 Å². The zero-order valence-corrected chi connectivity index (χ0v) is 5.07. The third kappa shape index (κ3) is 1510. The van der Waals surface area contributed by atoms with Crippen molar-refractivity contribution in [3.63, 3.8) is 0 Å². The van der Waals surface area contributed by atoms with Crippen molar-refractivity contribution in [1.29, 1.82) is 0 Å². The first-order valence-corrected chi connectivity index (χ1v) is 0.986. The molecule has 6 N–H and O–H groups in total. The van der Waals surface area contributed by atoms with E-state index < -0.39 is 0 Å². The van der Waals surface area contributed by atoms with Gasteiger partial charge in [-0.25, -0.2) is 0 Å². The smallest absolute Gasteiger partial charge is 0 e. The first-order valence-electron chi connectivity index (χ1n) is 0.986. The number of allylic oxidation sites excluding steroid dienone is 1. The Balaban J connectivity index is -0.00000000667. The molecule has 0 amide bonds. The van der Waals surface area contributed by atoms with Gasteiger partial charge in [0.25, 0.3) is 0 Å². The summed E-state index contributed by atoms with van der Waals surface area (Å²) in [5.74, 6) is 0. The molecule has 0 atom stereocenters. The molecule has 0 heterocycles. The Morgan fingerprint density at radius 3 is 1.33 bits per heavy atom. The van der Waals surface area contributed by atoms with Crippen molar-refractivity contribution in [2.45, 2.75) is 6.92 Å². The number of hydrogen-bond acceptors (Lipinski definition) is 2. The molecular weight excluding hydrogens is 123 g/mol. The maximum absolute atomic E-state index is 3.36. The van der Waals surface area contributed by atoms with E-state index in [0.29, 0.717) is 0 Å². The third-order valence-corrected chi connectivity index (χ3v) is 0.